The van der Waals surface area contributed by atoms with E-state index < -0.39 is 9.85 Å². The molecule has 22 heavy (non-hydrogen) atoms. The third-order valence-electron chi connectivity index (χ3n) is 2.50. The molecule has 0 unspecified atom stereocenters. The van der Waals surface area contributed by atoms with E-state index in [1.165, 1.54) is 48.5 Å². The highest BCUT2D eigenvalue weighted by molar-refractivity contribution is 8.38. The molecule has 0 fully saturated rings. The van der Waals surface area contributed by atoms with E-state index in [-0.39, 0.29) is 15.8 Å². The van der Waals surface area contributed by atoms with Crippen molar-refractivity contribution in [2.45, 2.75) is 9.79 Å². The first-order valence-corrected chi connectivity index (χ1v) is 7.47. The topological polar surface area (TPSA) is 103 Å². The van der Waals surface area contributed by atoms with Gasteiger partial charge in [0.2, 0.25) is 0 Å². The van der Waals surface area contributed by atoms with E-state index >= 15 is 0 Å². The number of hydrogen-bond donors (Lipinski definition) is 0. The highest BCUT2D eigenvalue weighted by atomic mass is 32.2. The lowest BCUT2D eigenvalue weighted by Gasteiger charge is -2.01. The van der Waals surface area contributed by atoms with E-state index in [1.54, 1.807) is 0 Å². The average molecular weight is 336 g/mol. The zero-order valence-corrected chi connectivity index (χ0v) is 12.5. The number of carbonyl (C=O) groups is 1. The lowest BCUT2D eigenvalue weighted by atomic mass is 10.3. The molecule has 0 saturated heterocycles. The number of non-ortho nitro benzene ring substituents is 2. The predicted molar refractivity (Wildman–Crippen MR) is 83.3 cm³/mol. The molecule has 0 atom stereocenters. The number of nitro benzene ring substituents is 2. The van der Waals surface area contributed by atoms with E-state index in [0.717, 1.165) is 23.5 Å². The van der Waals surface area contributed by atoms with E-state index in [9.17, 15) is 25.0 Å². The highest BCUT2D eigenvalue weighted by Gasteiger charge is 2.11. The minimum absolute atomic E-state index is 0.0418. The zero-order valence-electron chi connectivity index (χ0n) is 10.9. The summed E-state index contributed by atoms with van der Waals surface area (Å²) in [6.07, 6.45) is 0. The van der Waals surface area contributed by atoms with Gasteiger partial charge in [-0.05, 0) is 47.8 Å². The van der Waals surface area contributed by atoms with E-state index in [0.29, 0.717) is 9.79 Å². The molecule has 0 saturated carbocycles. The molecule has 9 heteroatoms. The molecule has 7 nitrogen and oxygen atoms in total. The van der Waals surface area contributed by atoms with Crippen LogP contribution in [0.4, 0.5) is 16.2 Å². The van der Waals surface area contributed by atoms with Crippen LogP contribution in [0.3, 0.4) is 0 Å². The van der Waals surface area contributed by atoms with Gasteiger partial charge < -0.3 is 0 Å². The van der Waals surface area contributed by atoms with Crippen molar-refractivity contribution in [2.24, 2.45) is 0 Å². The van der Waals surface area contributed by atoms with E-state index in [4.69, 9.17) is 0 Å². The monoisotopic (exact) mass is 336 g/mol. The molecule has 2 rings (SSSR count). The average Bonchev–Trinajstić information content (AvgIpc) is 2.48. The van der Waals surface area contributed by atoms with Crippen LogP contribution < -0.4 is 0 Å². The summed E-state index contributed by atoms with van der Waals surface area (Å²) in [5.41, 5.74) is -0.0837. The summed E-state index contributed by atoms with van der Waals surface area (Å²) in [5.74, 6) is 0. The van der Waals surface area contributed by atoms with Crippen molar-refractivity contribution in [3.05, 3.63) is 68.8 Å². The van der Waals surface area contributed by atoms with Gasteiger partial charge in [0, 0.05) is 34.1 Å². The van der Waals surface area contributed by atoms with Crippen LogP contribution in [0.15, 0.2) is 58.3 Å². The molecule has 0 spiro atoms. The molecule has 0 bridgehead atoms. The number of nitro groups is 2. The Morgan fingerprint density at radius 1 is 0.727 bits per heavy atom. The van der Waals surface area contributed by atoms with Crippen LogP contribution in [0.1, 0.15) is 0 Å². The van der Waals surface area contributed by atoms with Crippen LogP contribution in [-0.2, 0) is 0 Å². The Hall–Kier alpha value is -2.39. The van der Waals surface area contributed by atoms with Gasteiger partial charge in [-0.3, -0.25) is 25.0 Å². The maximum Gasteiger partial charge on any atom is 0.269 e. The van der Waals surface area contributed by atoms with Gasteiger partial charge in [0.15, 0.2) is 0 Å². The maximum atomic E-state index is 11.9. The second-order valence-corrected chi connectivity index (χ2v) is 6.31. The normalized spacial score (nSPS) is 10.2. The molecule has 0 aliphatic rings. The summed E-state index contributed by atoms with van der Waals surface area (Å²) in [7, 11) is 0. The van der Waals surface area contributed by atoms with Crippen molar-refractivity contribution in [1.29, 1.82) is 0 Å². The van der Waals surface area contributed by atoms with Gasteiger partial charge in [0.1, 0.15) is 0 Å². The van der Waals surface area contributed by atoms with E-state index in [2.05, 4.69) is 0 Å². The van der Waals surface area contributed by atoms with Crippen LogP contribution in [-0.4, -0.2) is 14.3 Å². The Bertz CT molecular complexity index is 655. The maximum absolute atomic E-state index is 11.9. The van der Waals surface area contributed by atoms with Gasteiger partial charge in [-0.15, -0.1) is 0 Å². The summed E-state index contributed by atoms with van der Waals surface area (Å²) < 4.78 is -0.234. The fourth-order valence-electron chi connectivity index (χ4n) is 1.49. The van der Waals surface area contributed by atoms with Crippen molar-refractivity contribution in [3.63, 3.8) is 0 Å². The van der Waals surface area contributed by atoms with Crippen molar-refractivity contribution in [2.75, 3.05) is 0 Å². The molecule has 0 aliphatic heterocycles. The third kappa shape index (κ3) is 4.30. The van der Waals surface area contributed by atoms with Crippen LogP contribution in [0.25, 0.3) is 0 Å². The lowest BCUT2D eigenvalue weighted by Crippen LogP contribution is -1.88. The fourth-order valence-corrected chi connectivity index (χ4v) is 3.16. The Balaban J connectivity index is 1.97. The number of thioether (sulfide) groups is 2. The van der Waals surface area contributed by atoms with Gasteiger partial charge in [-0.2, -0.15) is 0 Å². The van der Waals surface area contributed by atoms with Crippen LogP contribution in [0.2, 0.25) is 0 Å². The number of nitrogens with zero attached hydrogens (tertiary/aromatic N) is 2. The van der Waals surface area contributed by atoms with Gasteiger partial charge in [-0.1, -0.05) is 0 Å². The molecule has 2 aromatic rings. The number of benzene rings is 2. The summed E-state index contributed by atoms with van der Waals surface area (Å²) in [4.78, 5) is 33.1. The largest absolute Gasteiger partial charge is 0.274 e. The third-order valence-corrected chi connectivity index (χ3v) is 4.35. The minimum Gasteiger partial charge on any atom is -0.274 e. The minimum atomic E-state index is -0.512. The SMILES string of the molecule is O=C(Sc1ccc([N+](=O)[O-])cc1)Sc1ccc([N+](=O)[O-])cc1. The summed E-state index contributed by atoms with van der Waals surface area (Å²) in [6.45, 7) is 0. The van der Waals surface area contributed by atoms with Gasteiger partial charge in [0.25, 0.3) is 15.8 Å². The zero-order chi connectivity index (χ0) is 16.1. The van der Waals surface area contributed by atoms with Crippen molar-refractivity contribution < 1.29 is 14.6 Å². The standard InChI is InChI=1S/C13H8N2O5S2/c16-13(21-11-5-1-9(2-6-11)14(17)18)22-12-7-3-10(4-8-12)15(19)20/h1-8H. The Kier molecular flexibility index (Phi) is 5.12. The molecule has 0 heterocycles. The van der Waals surface area contributed by atoms with Gasteiger partial charge >= 0.3 is 0 Å². The summed E-state index contributed by atoms with van der Waals surface area (Å²) >= 11 is 1.87. The van der Waals surface area contributed by atoms with Gasteiger partial charge in [-0.25, -0.2) is 0 Å². The van der Waals surface area contributed by atoms with Gasteiger partial charge in [0.05, 0.1) is 9.85 Å². The Morgan fingerprint density at radius 2 is 1.05 bits per heavy atom. The Labute approximate surface area is 133 Å². The smallest absolute Gasteiger partial charge is 0.269 e. The molecule has 0 amide bonds. The molecule has 0 N–H and O–H groups in total. The molecule has 2 aromatic carbocycles. The second kappa shape index (κ2) is 7.05. The predicted octanol–water partition coefficient (Wildman–Crippen LogP) is 4.51. The molecule has 0 aliphatic carbocycles. The molecule has 0 radical (unpaired) electrons. The number of hydrogen-bond acceptors (Lipinski definition) is 7. The number of carbonyl (C=O) groups excluding carboxylic acids is 1. The highest BCUT2D eigenvalue weighted by Crippen LogP contribution is 2.32. The van der Waals surface area contributed by atoms with Crippen molar-refractivity contribution in [1.82, 2.24) is 0 Å². The first-order valence-electron chi connectivity index (χ1n) is 5.84. The van der Waals surface area contributed by atoms with E-state index in [1.807, 2.05) is 0 Å². The second-order valence-electron chi connectivity index (χ2n) is 3.96. The molecule has 112 valence electrons. The van der Waals surface area contributed by atoms with Crippen molar-refractivity contribution >= 4 is 39.3 Å². The van der Waals surface area contributed by atoms with Crippen LogP contribution in [0.5, 0.6) is 0 Å². The van der Waals surface area contributed by atoms with Crippen molar-refractivity contribution in [3.8, 4) is 0 Å². The fraction of sp³-hybridized carbons (Fsp3) is 0. The summed E-state index contributed by atoms with van der Waals surface area (Å²) in [5, 5.41) is 21.1. The molecular formula is C13H8N2O5S2. The van der Waals surface area contributed by atoms with Crippen LogP contribution >= 0.6 is 23.5 Å². The van der Waals surface area contributed by atoms with Crippen LogP contribution in [0, 0.1) is 20.2 Å². The lowest BCUT2D eigenvalue weighted by molar-refractivity contribution is -0.385. The molecule has 0 aromatic heterocycles. The molecular weight excluding hydrogens is 328 g/mol. The summed E-state index contributed by atoms with van der Waals surface area (Å²) in [6, 6.07) is 11.3. The first kappa shape index (κ1) is 16.0. The quantitative estimate of drug-likeness (QED) is 0.459. The Morgan fingerprint density at radius 3 is 1.32 bits per heavy atom. The first-order chi connectivity index (χ1) is 10.5. The number of rotatable bonds is 4.